The van der Waals surface area contributed by atoms with Crippen LogP contribution in [0.4, 0.5) is 0 Å². The van der Waals surface area contributed by atoms with Gasteiger partial charge in [0.1, 0.15) is 12.6 Å². The van der Waals surface area contributed by atoms with E-state index in [0.717, 1.165) is 83.5 Å². The molecule has 8 nitrogen and oxygen atoms in total. The number of aliphatic carboxylic acids is 1. The maximum absolute atomic E-state index is 12.7. The molecular formula is C45H75NO7. The second-order valence-electron chi connectivity index (χ2n) is 14.6. The van der Waals surface area contributed by atoms with Crippen LogP contribution in [0.3, 0.4) is 0 Å². The van der Waals surface area contributed by atoms with Gasteiger partial charge in [-0.2, -0.15) is 0 Å². The molecule has 0 fully saturated rings. The molecular weight excluding hydrogens is 666 g/mol. The molecule has 0 aromatic carbocycles. The number of carbonyl (C=O) groups is 3. The van der Waals surface area contributed by atoms with Crippen LogP contribution in [0.2, 0.25) is 0 Å². The zero-order chi connectivity index (χ0) is 39.3. The minimum Gasteiger partial charge on any atom is -0.544 e. The van der Waals surface area contributed by atoms with Crippen molar-refractivity contribution in [3.05, 3.63) is 72.9 Å². The van der Waals surface area contributed by atoms with E-state index in [2.05, 4.69) is 50.3 Å². The molecule has 0 rings (SSSR count). The maximum Gasteiger partial charge on any atom is 0.306 e. The molecule has 2 atom stereocenters. The fraction of sp³-hybridized carbons (Fsp3) is 0.667. The molecule has 8 heteroatoms. The summed E-state index contributed by atoms with van der Waals surface area (Å²) in [5, 5.41) is 11.6. The van der Waals surface area contributed by atoms with Gasteiger partial charge >= 0.3 is 11.9 Å². The highest BCUT2D eigenvalue weighted by molar-refractivity contribution is 5.70. The number of carboxylic acid groups (broad SMARTS) is 1. The van der Waals surface area contributed by atoms with E-state index in [0.29, 0.717) is 6.42 Å². The minimum atomic E-state index is -1.13. The van der Waals surface area contributed by atoms with Crippen LogP contribution in [0.15, 0.2) is 72.9 Å². The lowest BCUT2D eigenvalue weighted by Gasteiger charge is -2.34. The number of hydrogen-bond acceptors (Lipinski definition) is 7. The fourth-order valence-corrected chi connectivity index (χ4v) is 5.43. The molecule has 0 aliphatic rings. The number of carbonyl (C=O) groups excluding carboxylic acids is 3. The predicted molar refractivity (Wildman–Crippen MR) is 217 cm³/mol. The molecule has 0 aliphatic carbocycles. The molecule has 0 saturated carbocycles. The largest absolute Gasteiger partial charge is 0.544 e. The number of rotatable bonds is 35. The maximum atomic E-state index is 12.7. The molecule has 0 radical (unpaired) electrons. The van der Waals surface area contributed by atoms with Crippen LogP contribution in [0.1, 0.15) is 142 Å². The first-order valence-corrected chi connectivity index (χ1v) is 20.5. The van der Waals surface area contributed by atoms with E-state index in [-0.39, 0.29) is 49.1 Å². The molecule has 0 aromatic heterocycles. The number of hydrogen-bond donors (Lipinski definition) is 0. The third-order valence-corrected chi connectivity index (χ3v) is 8.67. The van der Waals surface area contributed by atoms with E-state index in [1.165, 1.54) is 25.7 Å². The minimum absolute atomic E-state index is 0.0234. The highest BCUT2D eigenvalue weighted by Gasteiger charge is 2.25. The lowest BCUT2D eigenvalue weighted by molar-refractivity contribution is -0.889. The Bertz CT molecular complexity index is 1100. The van der Waals surface area contributed by atoms with Crippen LogP contribution in [0.5, 0.6) is 0 Å². The Balaban J connectivity index is 4.47. The highest BCUT2D eigenvalue weighted by atomic mass is 16.6. The van der Waals surface area contributed by atoms with Crippen LogP contribution >= 0.6 is 0 Å². The Morgan fingerprint density at radius 3 is 1.60 bits per heavy atom. The van der Waals surface area contributed by atoms with Gasteiger partial charge < -0.3 is 28.6 Å². The molecule has 2 unspecified atom stereocenters. The molecule has 0 amide bonds. The van der Waals surface area contributed by atoms with E-state index in [9.17, 15) is 19.5 Å². The summed E-state index contributed by atoms with van der Waals surface area (Å²) in [6, 6.07) is -0.734. The van der Waals surface area contributed by atoms with Gasteiger partial charge in [0.2, 0.25) is 0 Å². The Morgan fingerprint density at radius 1 is 0.566 bits per heavy atom. The lowest BCUT2D eigenvalue weighted by Crippen LogP contribution is -2.55. The summed E-state index contributed by atoms with van der Waals surface area (Å²) in [7, 11) is 5.38. The number of quaternary nitrogens is 1. The van der Waals surface area contributed by atoms with Crippen LogP contribution in [-0.2, 0) is 28.6 Å². The van der Waals surface area contributed by atoms with Gasteiger partial charge in [0.25, 0.3) is 0 Å². The number of likely N-dealkylation sites (N-methyl/N-ethyl adjacent to an activating group) is 1. The van der Waals surface area contributed by atoms with Crippen molar-refractivity contribution in [3.63, 3.8) is 0 Å². The van der Waals surface area contributed by atoms with Crippen LogP contribution in [0, 0.1) is 0 Å². The second-order valence-corrected chi connectivity index (χ2v) is 14.6. The normalized spacial score (nSPS) is 13.8. The molecule has 0 aromatic rings. The van der Waals surface area contributed by atoms with Crippen LogP contribution < -0.4 is 5.11 Å². The summed E-state index contributed by atoms with van der Waals surface area (Å²) in [6.45, 7) is 4.47. The number of allylic oxidation sites excluding steroid dienone is 12. The Hall–Kier alpha value is -3.23. The van der Waals surface area contributed by atoms with Crippen molar-refractivity contribution in [3.8, 4) is 0 Å². The standard InChI is InChI=1S/C45H75NO7/c1-6-8-10-12-14-16-18-19-20-21-22-23-24-26-28-30-32-34-36-44(48)53-41(39-51-38-37-42(45(49)50)46(3,4)5)40-52-43(47)35-33-31-29-27-25-17-15-13-11-9-7-2/h10,12-16,18-23,41-42H,6-9,11,17,24-40H2,1-5H3/b12-10+,15-13+,16-14+,19-18+,21-20+,23-22+. The van der Waals surface area contributed by atoms with E-state index < -0.39 is 18.1 Å². The number of nitrogens with zero attached hydrogens (tertiary/aromatic N) is 1. The molecule has 0 saturated heterocycles. The number of unbranched alkanes of at least 4 members (excludes halogenated alkanes) is 13. The molecule has 302 valence electrons. The van der Waals surface area contributed by atoms with Crippen molar-refractivity contribution in [1.29, 1.82) is 0 Å². The van der Waals surface area contributed by atoms with Gasteiger partial charge in [0, 0.05) is 19.3 Å². The Morgan fingerprint density at radius 2 is 1.06 bits per heavy atom. The molecule has 0 heterocycles. The van der Waals surface area contributed by atoms with Gasteiger partial charge in [-0.15, -0.1) is 0 Å². The van der Waals surface area contributed by atoms with Crippen LogP contribution in [0.25, 0.3) is 0 Å². The van der Waals surface area contributed by atoms with Crippen molar-refractivity contribution in [1.82, 2.24) is 0 Å². The van der Waals surface area contributed by atoms with Crippen molar-refractivity contribution in [2.24, 2.45) is 0 Å². The third kappa shape index (κ3) is 34.3. The molecule has 0 N–H and O–H groups in total. The summed E-state index contributed by atoms with van der Waals surface area (Å²) in [5.74, 6) is -1.79. The van der Waals surface area contributed by atoms with E-state index in [1.54, 1.807) is 21.1 Å². The monoisotopic (exact) mass is 742 g/mol. The summed E-state index contributed by atoms with van der Waals surface area (Å²) < 4.78 is 17.1. The topological polar surface area (TPSA) is 102 Å². The Labute approximate surface area is 323 Å². The van der Waals surface area contributed by atoms with Gasteiger partial charge in [0.15, 0.2) is 6.10 Å². The van der Waals surface area contributed by atoms with Crippen molar-refractivity contribution in [2.45, 2.75) is 154 Å². The van der Waals surface area contributed by atoms with Gasteiger partial charge in [-0.25, -0.2) is 0 Å². The molecule has 0 spiro atoms. The molecule has 0 aliphatic heterocycles. The van der Waals surface area contributed by atoms with E-state index >= 15 is 0 Å². The Kier molecular flexibility index (Phi) is 33.6. The quantitative estimate of drug-likeness (QED) is 0.0210. The molecule has 53 heavy (non-hydrogen) atoms. The van der Waals surface area contributed by atoms with Crippen molar-refractivity contribution < 1.29 is 38.2 Å². The van der Waals surface area contributed by atoms with Gasteiger partial charge in [-0.1, -0.05) is 145 Å². The summed E-state index contributed by atoms with van der Waals surface area (Å²) >= 11 is 0. The van der Waals surface area contributed by atoms with Crippen LogP contribution in [-0.4, -0.2) is 75.5 Å². The summed E-state index contributed by atoms with van der Waals surface area (Å²) in [5.41, 5.74) is 0. The fourth-order valence-electron chi connectivity index (χ4n) is 5.43. The second kappa shape index (κ2) is 35.8. The predicted octanol–water partition coefficient (Wildman–Crippen LogP) is 9.46. The van der Waals surface area contributed by atoms with Gasteiger partial charge in [-0.05, 0) is 51.4 Å². The average molecular weight is 742 g/mol. The summed E-state index contributed by atoms with van der Waals surface area (Å²) in [6.07, 6.45) is 43.5. The highest BCUT2D eigenvalue weighted by Crippen LogP contribution is 2.12. The smallest absolute Gasteiger partial charge is 0.306 e. The zero-order valence-corrected chi connectivity index (χ0v) is 34.2. The summed E-state index contributed by atoms with van der Waals surface area (Å²) in [4.78, 5) is 36.7. The van der Waals surface area contributed by atoms with Gasteiger partial charge in [-0.3, -0.25) is 9.59 Å². The number of esters is 2. The third-order valence-electron chi connectivity index (χ3n) is 8.67. The first-order valence-electron chi connectivity index (χ1n) is 20.5. The van der Waals surface area contributed by atoms with E-state index in [1.807, 2.05) is 36.5 Å². The van der Waals surface area contributed by atoms with Gasteiger partial charge in [0.05, 0.1) is 40.3 Å². The zero-order valence-electron chi connectivity index (χ0n) is 34.2. The SMILES string of the molecule is CCC/C=C/C=C/C=C/C=C/C=C/CCCCCCCC(=O)OC(COCCC(C(=O)[O-])[N+](C)(C)C)COC(=O)CCCCCCC/C=C/CCCC. The first-order chi connectivity index (χ1) is 25.6. The first kappa shape index (κ1) is 49.8. The lowest BCUT2D eigenvalue weighted by atomic mass is 10.1. The van der Waals surface area contributed by atoms with Crippen molar-refractivity contribution >= 4 is 17.9 Å². The average Bonchev–Trinajstić information content (AvgIpc) is 3.11. The molecule has 0 bridgehead atoms. The number of ether oxygens (including phenoxy) is 3. The number of carboxylic acids is 1. The van der Waals surface area contributed by atoms with Crippen molar-refractivity contribution in [2.75, 3.05) is 41.0 Å². The van der Waals surface area contributed by atoms with E-state index in [4.69, 9.17) is 14.2 Å².